The van der Waals surface area contributed by atoms with Gasteiger partial charge in [-0.2, -0.15) is 0 Å². The van der Waals surface area contributed by atoms with E-state index in [1.807, 2.05) is 57.2 Å². The van der Waals surface area contributed by atoms with Gasteiger partial charge in [-0.3, -0.25) is 9.36 Å². The van der Waals surface area contributed by atoms with Crippen LogP contribution in [0.4, 0.5) is 0 Å². The first-order valence-electron chi connectivity index (χ1n) is 12.5. The Morgan fingerprint density at radius 1 is 1.11 bits per heavy atom. The second-order valence-electron chi connectivity index (χ2n) is 8.88. The third-order valence-electron chi connectivity index (χ3n) is 5.87. The molecule has 0 bridgehead atoms. The first-order valence-corrected chi connectivity index (χ1v) is 13.4. The minimum atomic E-state index is -0.685. The Morgan fingerprint density at radius 3 is 2.47 bits per heavy atom. The largest absolute Gasteiger partial charge is 0.493 e. The molecule has 1 aromatic heterocycles. The van der Waals surface area contributed by atoms with Crippen LogP contribution in [0.25, 0.3) is 6.08 Å². The number of nitrogens with zero attached hydrogens (tertiary/aromatic N) is 2. The lowest BCUT2D eigenvalue weighted by Crippen LogP contribution is -2.39. The maximum Gasteiger partial charge on any atom is 0.338 e. The SMILES string of the molecule is CCOC(=O)C1=C(C)N=c2sc(=Cc3ccc(OC)c(OCC)c3)c(=O)n2[C@@H]1c1ccc(OC(C)C)cc1. The molecule has 0 spiro atoms. The Kier molecular flexibility index (Phi) is 8.36. The van der Waals surface area contributed by atoms with Crippen molar-refractivity contribution in [1.29, 1.82) is 0 Å². The van der Waals surface area contributed by atoms with Gasteiger partial charge in [0.15, 0.2) is 16.3 Å². The molecule has 8 nitrogen and oxygen atoms in total. The van der Waals surface area contributed by atoms with Crippen molar-refractivity contribution >= 4 is 23.4 Å². The number of rotatable bonds is 9. The average molecular weight is 537 g/mol. The van der Waals surface area contributed by atoms with E-state index in [-0.39, 0.29) is 18.3 Å². The Morgan fingerprint density at radius 2 is 1.84 bits per heavy atom. The smallest absolute Gasteiger partial charge is 0.338 e. The maximum absolute atomic E-state index is 13.8. The third-order valence-corrected chi connectivity index (χ3v) is 6.85. The van der Waals surface area contributed by atoms with E-state index in [1.54, 1.807) is 37.7 Å². The Labute approximate surface area is 225 Å². The van der Waals surface area contributed by atoms with E-state index in [4.69, 9.17) is 18.9 Å². The van der Waals surface area contributed by atoms with Crippen molar-refractivity contribution in [3.63, 3.8) is 0 Å². The molecule has 0 amide bonds. The summed E-state index contributed by atoms with van der Waals surface area (Å²) in [4.78, 5) is 32.0. The zero-order valence-electron chi connectivity index (χ0n) is 22.4. The Bertz CT molecular complexity index is 1530. The van der Waals surface area contributed by atoms with Crippen LogP contribution in [0.3, 0.4) is 0 Å². The van der Waals surface area contributed by atoms with Gasteiger partial charge in [-0.15, -0.1) is 0 Å². The zero-order valence-corrected chi connectivity index (χ0v) is 23.3. The molecular formula is C29H32N2O6S. The second kappa shape index (κ2) is 11.7. The number of benzene rings is 2. The van der Waals surface area contributed by atoms with Gasteiger partial charge in [0.05, 0.1) is 48.3 Å². The number of esters is 1. The van der Waals surface area contributed by atoms with Gasteiger partial charge < -0.3 is 18.9 Å². The van der Waals surface area contributed by atoms with Crippen molar-refractivity contribution < 1.29 is 23.7 Å². The number of hydrogen-bond acceptors (Lipinski definition) is 8. The first kappa shape index (κ1) is 27.2. The van der Waals surface area contributed by atoms with Gasteiger partial charge in [0.1, 0.15) is 5.75 Å². The van der Waals surface area contributed by atoms with Gasteiger partial charge in [0.25, 0.3) is 5.56 Å². The van der Waals surface area contributed by atoms with Crippen LogP contribution in [0.1, 0.15) is 51.8 Å². The molecule has 0 unspecified atom stereocenters. The molecule has 0 saturated heterocycles. The second-order valence-corrected chi connectivity index (χ2v) is 9.89. The lowest BCUT2D eigenvalue weighted by atomic mass is 9.96. The highest BCUT2D eigenvalue weighted by atomic mass is 32.1. The molecule has 38 heavy (non-hydrogen) atoms. The van der Waals surface area contributed by atoms with Crippen molar-refractivity contribution in [3.05, 3.63) is 84.5 Å². The Hall–Kier alpha value is -3.85. The number of carbonyl (C=O) groups is 1. The molecule has 2 aromatic carbocycles. The average Bonchev–Trinajstić information content (AvgIpc) is 3.18. The summed E-state index contributed by atoms with van der Waals surface area (Å²) in [5, 5.41) is 0. The number of methoxy groups -OCH3 is 1. The van der Waals surface area contributed by atoms with E-state index in [0.29, 0.717) is 44.5 Å². The van der Waals surface area contributed by atoms with Crippen molar-refractivity contribution in [2.45, 2.75) is 46.8 Å². The molecule has 0 radical (unpaired) electrons. The van der Waals surface area contributed by atoms with Crippen LogP contribution in [0.5, 0.6) is 17.2 Å². The lowest BCUT2D eigenvalue weighted by molar-refractivity contribution is -0.139. The van der Waals surface area contributed by atoms with Crippen LogP contribution >= 0.6 is 11.3 Å². The molecule has 2 heterocycles. The van der Waals surface area contributed by atoms with E-state index >= 15 is 0 Å². The van der Waals surface area contributed by atoms with Crippen molar-refractivity contribution in [1.82, 2.24) is 4.57 Å². The topological polar surface area (TPSA) is 88.4 Å². The van der Waals surface area contributed by atoms with E-state index in [9.17, 15) is 9.59 Å². The number of hydrogen-bond donors (Lipinski definition) is 0. The van der Waals surface area contributed by atoms with E-state index in [0.717, 1.165) is 11.1 Å². The summed E-state index contributed by atoms with van der Waals surface area (Å²) in [6.07, 6.45) is 1.82. The number of thiazole rings is 1. The number of carbonyl (C=O) groups excluding carboxylic acids is 1. The predicted octanol–water partition coefficient (Wildman–Crippen LogP) is 3.99. The van der Waals surface area contributed by atoms with Gasteiger partial charge in [-0.25, -0.2) is 9.79 Å². The minimum absolute atomic E-state index is 0.0250. The molecule has 0 fully saturated rings. The quantitative estimate of drug-likeness (QED) is 0.384. The van der Waals surface area contributed by atoms with Crippen LogP contribution in [0.15, 0.2) is 63.5 Å². The molecule has 1 atom stereocenters. The minimum Gasteiger partial charge on any atom is -0.493 e. The highest BCUT2D eigenvalue weighted by molar-refractivity contribution is 7.07. The highest BCUT2D eigenvalue weighted by Gasteiger charge is 2.33. The standard InChI is InChI=1S/C29H32N2O6S/c1-7-35-23-15-19(9-14-22(23)34-6)16-24-27(32)31-26(20-10-12-21(13-11-20)37-17(3)4)25(28(33)36-8-2)18(5)30-29(31)38-24/h9-17,26H,7-8H2,1-6H3/t26-/m1/s1. The fourth-order valence-electron chi connectivity index (χ4n) is 4.31. The Balaban J connectivity index is 1.87. The number of ether oxygens (including phenoxy) is 4. The third kappa shape index (κ3) is 5.52. The fourth-order valence-corrected chi connectivity index (χ4v) is 5.36. The van der Waals surface area contributed by atoms with Crippen LogP contribution in [0, 0.1) is 0 Å². The van der Waals surface area contributed by atoms with Crippen molar-refractivity contribution in [3.8, 4) is 17.2 Å². The number of aromatic nitrogens is 1. The summed E-state index contributed by atoms with van der Waals surface area (Å²) in [6.45, 7) is 10.0. The highest BCUT2D eigenvalue weighted by Crippen LogP contribution is 2.32. The monoisotopic (exact) mass is 536 g/mol. The van der Waals surface area contributed by atoms with Crippen molar-refractivity contribution in [2.75, 3.05) is 20.3 Å². The van der Waals surface area contributed by atoms with Crippen LogP contribution < -0.4 is 29.1 Å². The molecular weight excluding hydrogens is 504 g/mol. The van der Waals surface area contributed by atoms with Crippen molar-refractivity contribution in [2.24, 2.45) is 4.99 Å². The van der Waals surface area contributed by atoms with Crippen LogP contribution in [-0.4, -0.2) is 37.0 Å². The van der Waals surface area contributed by atoms with Gasteiger partial charge in [0, 0.05) is 0 Å². The molecule has 0 N–H and O–H groups in total. The molecule has 0 aliphatic carbocycles. The molecule has 200 valence electrons. The first-order chi connectivity index (χ1) is 18.3. The summed E-state index contributed by atoms with van der Waals surface area (Å²) in [5.41, 5.74) is 2.16. The molecule has 1 aliphatic rings. The molecule has 3 aromatic rings. The summed E-state index contributed by atoms with van der Waals surface area (Å²) in [6, 6.07) is 12.2. The maximum atomic E-state index is 13.8. The molecule has 9 heteroatoms. The van der Waals surface area contributed by atoms with Gasteiger partial charge in [-0.05, 0) is 76.1 Å². The van der Waals surface area contributed by atoms with Gasteiger partial charge in [-0.1, -0.05) is 29.5 Å². The fraction of sp³-hybridized carbons (Fsp3) is 0.345. The van der Waals surface area contributed by atoms with E-state index in [2.05, 4.69) is 4.99 Å². The predicted molar refractivity (Wildman–Crippen MR) is 147 cm³/mol. The van der Waals surface area contributed by atoms with Crippen LogP contribution in [-0.2, 0) is 9.53 Å². The molecule has 1 aliphatic heterocycles. The zero-order chi connectivity index (χ0) is 27.4. The van der Waals surface area contributed by atoms with Gasteiger partial charge >= 0.3 is 5.97 Å². The number of fused-ring (bicyclic) bond motifs is 1. The van der Waals surface area contributed by atoms with Gasteiger partial charge in [0.2, 0.25) is 0 Å². The van der Waals surface area contributed by atoms with E-state index < -0.39 is 12.0 Å². The summed E-state index contributed by atoms with van der Waals surface area (Å²) in [7, 11) is 1.58. The summed E-state index contributed by atoms with van der Waals surface area (Å²) in [5.74, 6) is 1.43. The van der Waals surface area contributed by atoms with E-state index in [1.165, 1.54) is 11.3 Å². The summed E-state index contributed by atoms with van der Waals surface area (Å²) >= 11 is 1.27. The lowest BCUT2D eigenvalue weighted by Gasteiger charge is -2.25. The molecule has 4 rings (SSSR count). The normalized spacial score (nSPS) is 15.2. The summed E-state index contributed by atoms with van der Waals surface area (Å²) < 4.78 is 24.3. The molecule has 0 saturated carbocycles. The number of allylic oxidation sites excluding steroid dienone is 1. The van der Waals surface area contributed by atoms with Crippen LogP contribution in [0.2, 0.25) is 0 Å².